The number of esters is 1. The molecule has 3 nitrogen and oxygen atoms in total. The van der Waals surface area contributed by atoms with Crippen molar-refractivity contribution in [1.82, 2.24) is 0 Å². The van der Waals surface area contributed by atoms with Crippen LogP contribution >= 0.6 is 0 Å². The molecule has 1 aliphatic carbocycles. The zero-order valence-electron chi connectivity index (χ0n) is 7.38. The van der Waals surface area contributed by atoms with Gasteiger partial charge in [-0.25, -0.2) is 4.79 Å². The van der Waals surface area contributed by atoms with Crippen LogP contribution in [0, 0.1) is 0 Å². The maximum absolute atomic E-state index is 11.0. The van der Waals surface area contributed by atoms with Crippen LogP contribution in [0.25, 0.3) is 0 Å². The number of ether oxygens (including phenoxy) is 1. The van der Waals surface area contributed by atoms with Crippen LogP contribution in [0.4, 0.5) is 0 Å². The number of carbonyl (C=O) groups is 1. The first-order chi connectivity index (χ1) is 5.68. The van der Waals surface area contributed by atoms with Crippen LogP contribution in [0.15, 0.2) is 11.8 Å². The predicted molar refractivity (Wildman–Crippen MR) is 46.3 cm³/mol. The summed E-state index contributed by atoms with van der Waals surface area (Å²) in [6, 6.07) is 0. The van der Waals surface area contributed by atoms with Gasteiger partial charge >= 0.3 is 5.97 Å². The Bertz CT molecular complexity index is 189. The van der Waals surface area contributed by atoms with E-state index in [9.17, 15) is 4.79 Å². The summed E-state index contributed by atoms with van der Waals surface area (Å²) >= 11 is 0. The van der Waals surface area contributed by atoms with Crippen molar-refractivity contribution in [2.24, 2.45) is 5.73 Å². The highest BCUT2D eigenvalue weighted by Crippen LogP contribution is 2.20. The minimum absolute atomic E-state index is 0.132. The van der Waals surface area contributed by atoms with E-state index in [-0.39, 0.29) is 12.1 Å². The minimum atomic E-state index is -0.304. The summed E-state index contributed by atoms with van der Waals surface area (Å²) in [5.74, 6) is -0.304. The topological polar surface area (TPSA) is 52.3 Å². The second kappa shape index (κ2) is 4.14. The smallest absolute Gasteiger partial charge is 0.332 e. The first kappa shape index (κ1) is 9.10. The third-order valence-corrected chi connectivity index (χ3v) is 1.93. The summed E-state index contributed by atoms with van der Waals surface area (Å²) in [6.07, 6.45) is 5.81. The summed E-state index contributed by atoms with van der Waals surface area (Å²) in [6.45, 7) is 1.68. The Balaban J connectivity index is 2.30. The lowest BCUT2D eigenvalue weighted by Crippen LogP contribution is -2.13. The van der Waals surface area contributed by atoms with E-state index < -0.39 is 0 Å². The fraction of sp³-hybridized carbons (Fsp3) is 0.667. The lowest BCUT2D eigenvalue weighted by atomic mass is 10.3. The number of nitrogens with two attached hydrogens (primary N) is 1. The molecule has 1 saturated carbocycles. The molecule has 0 aromatic carbocycles. The van der Waals surface area contributed by atoms with Gasteiger partial charge in [0.05, 0.1) is 0 Å². The molecule has 3 heteroatoms. The normalized spacial score (nSPS) is 19.6. The molecule has 0 aliphatic heterocycles. The van der Waals surface area contributed by atoms with Gasteiger partial charge in [0.25, 0.3) is 0 Å². The molecule has 0 heterocycles. The number of rotatable bonds is 2. The van der Waals surface area contributed by atoms with Crippen molar-refractivity contribution < 1.29 is 9.53 Å². The van der Waals surface area contributed by atoms with Gasteiger partial charge in [-0.15, -0.1) is 0 Å². The number of hydrogen-bond acceptors (Lipinski definition) is 3. The SMILES string of the molecule is CC(N)=CC(=O)OC1CCCC1. The largest absolute Gasteiger partial charge is 0.459 e. The third-order valence-electron chi connectivity index (χ3n) is 1.93. The van der Waals surface area contributed by atoms with Gasteiger partial charge in [0.1, 0.15) is 6.10 Å². The molecule has 0 aromatic rings. The summed E-state index contributed by atoms with van der Waals surface area (Å²) in [4.78, 5) is 11.0. The van der Waals surface area contributed by atoms with Crippen molar-refractivity contribution in [2.75, 3.05) is 0 Å². The molecule has 0 amide bonds. The monoisotopic (exact) mass is 169 g/mol. The van der Waals surface area contributed by atoms with Crippen molar-refractivity contribution >= 4 is 5.97 Å². The Morgan fingerprint density at radius 3 is 2.58 bits per heavy atom. The molecule has 68 valence electrons. The van der Waals surface area contributed by atoms with E-state index in [1.807, 2.05) is 0 Å². The van der Waals surface area contributed by atoms with Crippen LogP contribution in [0.5, 0.6) is 0 Å². The molecule has 0 saturated heterocycles. The predicted octanol–water partition coefficient (Wildman–Crippen LogP) is 1.33. The van der Waals surface area contributed by atoms with Gasteiger partial charge in [0.15, 0.2) is 0 Å². The maximum Gasteiger partial charge on any atom is 0.332 e. The fourth-order valence-electron chi connectivity index (χ4n) is 1.39. The molecule has 2 N–H and O–H groups in total. The van der Waals surface area contributed by atoms with Crippen molar-refractivity contribution in [2.45, 2.75) is 38.7 Å². The molecular weight excluding hydrogens is 154 g/mol. The highest BCUT2D eigenvalue weighted by Gasteiger charge is 2.17. The number of allylic oxidation sites excluding steroid dienone is 1. The van der Waals surface area contributed by atoms with Crippen LogP contribution in [-0.4, -0.2) is 12.1 Å². The van der Waals surface area contributed by atoms with Gasteiger partial charge in [-0.05, 0) is 32.6 Å². The van der Waals surface area contributed by atoms with Crippen LogP contribution in [0.2, 0.25) is 0 Å². The van der Waals surface area contributed by atoms with Crippen LogP contribution in [0.1, 0.15) is 32.6 Å². The lowest BCUT2D eigenvalue weighted by Gasteiger charge is -2.08. The molecule has 0 aromatic heterocycles. The molecule has 0 spiro atoms. The third kappa shape index (κ3) is 2.95. The van der Waals surface area contributed by atoms with Gasteiger partial charge < -0.3 is 10.5 Å². The van der Waals surface area contributed by atoms with Gasteiger partial charge in [-0.3, -0.25) is 0 Å². The van der Waals surface area contributed by atoms with E-state index >= 15 is 0 Å². The van der Waals surface area contributed by atoms with Gasteiger partial charge in [0, 0.05) is 11.8 Å². The van der Waals surface area contributed by atoms with Crippen LogP contribution in [-0.2, 0) is 9.53 Å². The van der Waals surface area contributed by atoms with E-state index in [0.717, 1.165) is 12.8 Å². The summed E-state index contributed by atoms with van der Waals surface area (Å²) in [5.41, 5.74) is 5.83. The standard InChI is InChI=1S/C9H15NO2/c1-7(10)6-9(11)12-8-4-2-3-5-8/h6,8H,2-5,10H2,1H3. The Morgan fingerprint density at radius 2 is 2.08 bits per heavy atom. The van der Waals surface area contributed by atoms with Crippen molar-refractivity contribution in [3.8, 4) is 0 Å². The number of carbonyl (C=O) groups excluding carboxylic acids is 1. The molecule has 12 heavy (non-hydrogen) atoms. The maximum atomic E-state index is 11.0. The van der Waals surface area contributed by atoms with E-state index in [1.54, 1.807) is 6.92 Å². The first-order valence-electron chi connectivity index (χ1n) is 4.33. The molecule has 0 atom stereocenters. The molecule has 1 rings (SSSR count). The quantitative estimate of drug-likeness (QED) is 0.501. The molecule has 1 aliphatic rings. The second-order valence-corrected chi connectivity index (χ2v) is 3.23. The fourth-order valence-corrected chi connectivity index (χ4v) is 1.39. The van der Waals surface area contributed by atoms with E-state index in [0.29, 0.717) is 5.70 Å². The van der Waals surface area contributed by atoms with Crippen molar-refractivity contribution in [3.63, 3.8) is 0 Å². The minimum Gasteiger partial charge on any atom is -0.459 e. The van der Waals surface area contributed by atoms with Crippen molar-refractivity contribution in [1.29, 1.82) is 0 Å². The Hall–Kier alpha value is -0.990. The van der Waals surface area contributed by atoms with Gasteiger partial charge in [-0.1, -0.05) is 0 Å². The molecule has 1 fully saturated rings. The van der Waals surface area contributed by atoms with E-state index in [1.165, 1.54) is 18.9 Å². The van der Waals surface area contributed by atoms with Gasteiger partial charge in [-0.2, -0.15) is 0 Å². The van der Waals surface area contributed by atoms with E-state index in [2.05, 4.69) is 0 Å². The average Bonchev–Trinajstić information content (AvgIpc) is 2.37. The highest BCUT2D eigenvalue weighted by molar-refractivity contribution is 5.82. The summed E-state index contributed by atoms with van der Waals surface area (Å²) < 4.78 is 5.13. The molecule has 0 unspecified atom stereocenters. The summed E-state index contributed by atoms with van der Waals surface area (Å²) in [5, 5.41) is 0. The first-order valence-corrected chi connectivity index (χ1v) is 4.33. The molecular formula is C9H15NO2. The van der Waals surface area contributed by atoms with Crippen LogP contribution in [0.3, 0.4) is 0 Å². The zero-order chi connectivity index (χ0) is 8.97. The Morgan fingerprint density at radius 1 is 1.50 bits per heavy atom. The Kier molecular flexibility index (Phi) is 3.14. The van der Waals surface area contributed by atoms with Crippen LogP contribution < -0.4 is 5.73 Å². The van der Waals surface area contributed by atoms with Crippen molar-refractivity contribution in [3.05, 3.63) is 11.8 Å². The number of hydrogen-bond donors (Lipinski definition) is 1. The average molecular weight is 169 g/mol. The summed E-state index contributed by atoms with van der Waals surface area (Å²) in [7, 11) is 0. The van der Waals surface area contributed by atoms with E-state index in [4.69, 9.17) is 10.5 Å². The second-order valence-electron chi connectivity index (χ2n) is 3.23. The van der Waals surface area contributed by atoms with Gasteiger partial charge in [0.2, 0.25) is 0 Å². The Labute approximate surface area is 72.6 Å². The molecule has 0 radical (unpaired) electrons. The highest BCUT2D eigenvalue weighted by atomic mass is 16.5. The lowest BCUT2D eigenvalue weighted by molar-refractivity contribution is -0.142. The zero-order valence-corrected chi connectivity index (χ0v) is 7.38. The molecule has 0 bridgehead atoms.